The Balaban J connectivity index is 2.22. The molecular formula is C19H24O6. The third-order valence-electron chi connectivity index (χ3n) is 3.71. The maximum absolute atomic E-state index is 10.6. The number of aliphatic hydroxyl groups is 2. The Kier molecular flexibility index (Phi) is 6.91. The summed E-state index contributed by atoms with van der Waals surface area (Å²) in [5.74, 6) is 2.07. The summed E-state index contributed by atoms with van der Waals surface area (Å²) in [6.07, 6.45) is -1.92. The molecule has 25 heavy (non-hydrogen) atoms. The van der Waals surface area contributed by atoms with Gasteiger partial charge in [0.05, 0.1) is 27.4 Å². The normalized spacial score (nSPS) is 13.0. The summed E-state index contributed by atoms with van der Waals surface area (Å²) in [5, 5.41) is 20.3. The third-order valence-corrected chi connectivity index (χ3v) is 3.71. The van der Waals surface area contributed by atoms with E-state index < -0.39 is 12.2 Å². The summed E-state index contributed by atoms with van der Waals surface area (Å²) in [6.45, 7) is 2.02. The highest BCUT2D eigenvalue weighted by atomic mass is 16.5. The van der Waals surface area contributed by atoms with Gasteiger partial charge < -0.3 is 29.2 Å². The lowest BCUT2D eigenvalue weighted by molar-refractivity contribution is -0.000519. The van der Waals surface area contributed by atoms with E-state index in [2.05, 4.69) is 0 Å². The Labute approximate surface area is 147 Å². The van der Waals surface area contributed by atoms with Gasteiger partial charge in [0.2, 0.25) is 0 Å². The Morgan fingerprint density at radius 3 is 2.20 bits per heavy atom. The first kappa shape index (κ1) is 18.9. The molecule has 0 saturated heterocycles. The van der Waals surface area contributed by atoms with E-state index >= 15 is 0 Å². The van der Waals surface area contributed by atoms with Crippen LogP contribution in [0.3, 0.4) is 0 Å². The molecule has 6 heteroatoms. The highest BCUT2D eigenvalue weighted by Gasteiger charge is 2.24. The Morgan fingerprint density at radius 2 is 1.60 bits per heavy atom. The van der Waals surface area contributed by atoms with Crippen LogP contribution in [0.4, 0.5) is 0 Å². The molecule has 2 rings (SSSR count). The van der Waals surface area contributed by atoms with Crippen LogP contribution in [-0.2, 0) is 0 Å². The van der Waals surface area contributed by atoms with E-state index in [0.717, 1.165) is 0 Å². The first-order chi connectivity index (χ1) is 12.1. The number of ether oxygens (including phenoxy) is 4. The lowest BCUT2D eigenvalue weighted by Gasteiger charge is -2.24. The van der Waals surface area contributed by atoms with Crippen LogP contribution >= 0.6 is 0 Å². The molecule has 136 valence electrons. The number of hydrogen-bond acceptors (Lipinski definition) is 6. The highest BCUT2D eigenvalue weighted by Crippen LogP contribution is 2.33. The summed E-state index contributed by atoms with van der Waals surface area (Å²) in [4.78, 5) is 0. The van der Waals surface area contributed by atoms with Crippen LogP contribution in [0.15, 0.2) is 42.5 Å². The molecule has 0 aromatic heterocycles. The third kappa shape index (κ3) is 4.55. The van der Waals surface area contributed by atoms with Crippen LogP contribution in [0.1, 0.15) is 18.6 Å². The van der Waals surface area contributed by atoms with Crippen LogP contribution in [0, 0.1) is 0 Å². The van der Waals surface area contributed by atoms with Crippen molar-refractivity contribution in [3.63, 3.8) is 0 Å². The van der Waals surface area contributed by atoms with Gasteiger partial charge in [-0.2, -0.15) is 0 Å². The predicted molar refractivity (Wildman–Crippen MR) is 93.6 cm³/mol. The molecule has 0 aliphatic heterocycles. The second-order valence-corrected chi connectivity index (χ2v) is 5.28. The zero-order chi connectivity index (χ0) is 18.2. The SMILES string of the molecule is CCOc1ccc(C(O)C(CO)Oc2ccccc2OC)cc1OC. The molecule has 0 heterocycles. The number of benzene rings is 2. The van der Waals surface area contributed by atoms with Crippen LogP contribution < -0.4 is 18.9 Å². The van der Waals surface area contributed by atoms with E-state index in [1.54, 1.807) is 36.4 Å². The van der Waals surface area contributed by atoms with Gasteiger partial charge in [0, 0.05) is 0 Å². The van der Waals surface area contributed by atoms with E-state index in [0.29, 0.717) is 35.2 Å². The van der Waals surface area contributed by atoms with Crippen LogP contribution in [0.25, 0.3) is 0 Å². The molecule has 2 N–H and O–H groups in total. The van der Waals surface area contributed by atoms with Crippen molar-refractivity contribution < 1.29 is 29.2 Å². The molecular weight excluding hydrogens is 324 g/mol. The van der Waals surface area contributed by atoms with Gasteiger partial charge in [-0.25, -0.2) is 0 Å². The average molecular weight is 348 g/mol. The van der Waals surface area contributed by atoms with Crippen molar-refractivity contribution in [1.29, 1.82) is 0 Å². The molecule has 2 aromatic carbocycles. The Bertz CT molecular complexity index is 673. The molecule has 2 atom stereocenters. The first-order valence-corrected chi connectivity index (χ1v) is 8.03. The minimum absolute atomic E-state index is 0.366. The minimum Gasteiger partial charge on any atom is -0.493 e. The summed E-state index contributed by atoms with van der Waals surface area (Å²) >= 11 is 0. The van der Waals surface area contributed by atoms with Gasteiger partial charge in [0.15, 0.2) is 29.1 Å². The average Bonchev–Trinajstić information content (AvgIpc) is 2.66. The number of rotatable bonds is 9. The molecule has 0 aliphatic carbocycles. The monoisotopic (exact) mass is 348 g/mol. The van der Waals surface area contributed by atoms with Crippen LogP contribution in [0.2, 0.25) is 0 Å². The van der Waals surface area contributed by atoms with Crippen LogP contribution in [-0.4, -0.2) is 43.8 Å². The van der Waals surface area contributed by atoms with Crippen LogP contribution in [0.5, 0.6) is 23.0 Å². The molecule has 0 aliphatic rings. The van der Waals surface area contributed by atoms with Crippen molar-refractivity contribution in [3.8, 4) is 23.0 Å². The predicted octanol–water partition coefficient (Wildman–Crippen LogP) is 2.58. The molecule has 0 saturated carbocycles. The minimum atomic E-state index is -1.06. The van der Waals surface area contributed by atoms with Crippen molar-refractivity contribution in [2.75, 3.05) is 27.4 Å². The van der Waals surface area contributed by atoms with Gasteiger partial charge in [-0.15, -0.1) is 0 Å². The fourth-order valence-corrected chi connectivity index (χ4v) is 2.44. The first-order valence-electron chi connectivity index (χ1n) is 8.03. The van der Waals surface area contributed by atoms with Gasteiger partial charge in [0.25, 0.3) is 0 Å². The molecule has 0 amide bonds. The standard InChI is InChI=1S/C19H24O6/c1-4-24-15-10-9-13(11-17(15)23-3)19(21)18(12-20)25-16-8-6-5-7-14(16)22-2/h5-11,18-21H,4,12H2,1-3H3. The summed E-state index contributed by atoms with van der Waals surface area (Å²) in [7, 11) is 3.06. The fourth-order valence-electron chi connectivity index (χ4n) is 2.44. The molecule has 0 spiro atoms. The molecule has 2 aromatic rings. The number of para-hydroxylation sites is 2. The van der Waals surface area contributed by atoms with Gasteiger partial charge in [0.1, 0.15) is 6.10 Å². The molecule has 0 radical (unpaired) electrons. The highest BCUT2D eigenvalue weighted by molar-refractivity contribution is 5.44. The largest absolute Gasteiger partial charge is 0.493 e. The lowest BCUT2D eigenvalue weighted by atomic mass is 10.0. The second kappa shape index (κ2) is 9.15. The van der Waals surface area contributed by atoms with Crippen molar-refractivity contribution in [3.05, 3.63) is 48.0 Å². The molecule has 6 nitrogen and oxygen atoms in total. The smallest absolute Gasteiger partial charge is 0.161 e. The summed E-state index contributed by atoms with van der Waals surface area (Å²) < 4.78 is 21.8. The van der Waals surface area contributed by atoms with Gasteiger partial charge in [-0.3, -0.25) is 0 Å². The van der Waals surface area contributed by atoms with E-state index in [-0.39, 0.29) is 6.61 Å². The Hall–Kier alpha value is -2.44. The maximum atomic E-state index is 10.6. The topological polar surface area (TPSA) is 77.4 Å². The van der Waals surface area contributed by atoms with Gasteiger partial charge >= 0.3 is 0 Å². The van der Waals surface area contributed by atoms with Gasteiger partial charge in [-0.1, -0.05) is 18.2 Å². The van der Waals surface area contributed by atoms with Crippen molar-refractivity contribution >= 4 is 0 Å². The molecule has 0 bridgehead atoms. The maximum Gasteiger partial charge on any atom is 0.161 e. The van der Waals surface area contributed by atoms with Crippen molar-refractivity contribution in [1.82, 2.24) is 0 Å². The quantitative estimate of drug-likeness (QED) is 0.725. The van der Waals surface area contributed by atoms with E-state index in [1.165, 1.54) is 14.2 Å². The molecule has 2 unspecified atom stereocenters. The van der Waals surface area contributed by atoms with Crippen molar-refractivity contribution in [2.24, 2.45) is 0 Å². The van der Waals surface area contributed by atoms with Gasteiger partial charge in [-0.05, 0) is 36.8 Å². The van der Waals surface area contributed by atoms with E-state index in [4.69, 9.17) is 18.9 Å². The second-order valence-electron chi connectivity index (χ2n) is 5.28. The zero-order valence-corrected chi connectivity index (χ0v) is 14.6. The number of methoxy groups -OCH3 is 2. The zero-order valence-electron chi connectivity index (χ0n) is 14.6. The number of aliphatic hydroxyl groups excluding tert-OH is 2. The van der Waals surface area contributed by atoms with Crippen molar-refractivity contribution in [2.45, 2.75) is 19.1 Å². The van der Waals surface area contributed by atoms with E-state index in [9.17, 15) is 10.2 Å². The summed E-state index contributed by atoms with van der Waals surface area (Å²) in [6, 6.07) is 12.2. The summed E-state index contributed by atoms with van der Waals surface area (Å²) in [5.41, 5.74) is 0.550. The fraction of sp³-hybridized carbons (Fsp3) is 0.368. The lowest BCUT2D eigenvalue weighted by Crippen LogP contribution is -2.29. The molecule has 0 fully saturated rings. The number of hydrogen-bond donors (Lipinski definition) is 2. The van der Waals surface area contributed by atoms with E-state index in [1.807, 2.05) is 13.0 Å². The Morgan fingerprint density at radius 1 is 0.920 bits per heavy atom.